The van der Waals surface area contributed by atoms with Crippen LogP contribution in [0.5, 0.6) is 5.75 Å². The molecule has 2 N–H and O–H groups in total. The number of hydrogen-bond donors (Lipinski definition) is 2. The zero-order valence-corrected chi connectivity index (χ0v) is 16.1. The molecule has 0 fully saturated rings. The molecule has 1 amide bonds. The summed E-state index contributed by atoms with van der Waals surface area (Å²) < 4.78 is 33.9. The topological polar surface area (TPSA) is 84.5 Å². The number of halogens is 1. The lowest BCUT2D eigenvalue weighted by Crippen LogP contribution is -2.33. The van der Waals surface area contributed by atoms with Gasteiger partial charge in [0.25, 0.3) is 10.0 Å². The van der Waals surface area contributed by atoms with Gasteiger partial charge in [-0.05, 0) is 50.2 Å². The number of fused-ring (bicyclic) bond motifs is 1. The largest absolute Gasteiger partial charge is 0.490 e. The zero-order valence-electron chi connectivity index (χ0n) is 13.7. The van der Waals surface area contributed by atoms with Crippen LogP contribution in [-0.4, -0.2) is 20.9 Å². The van der Waals surface area contributed by atoms with E-state index >= 15 is 0 Å². The fraction of sp³-hybridized carbons (Fsp3) is 0.235. The lowest BCUT2D eigenvalue weighted by Gasteiger charge is -2.18. The van der Waals surface area contributed by atoms with Crippen LogP contribution >= 0.6 is 15.9 Å². The van der Waals surface area contributed by atoms with E-state index in [0.29, 0.717) is 17.1 Å². The average Bonchev–Trinajstić information content (AvgIpc) is 2.65. The van der Waals surface area contributed by atoms with Crippen LogP contribution in [0, 0.1) is 5.41 Å². The molecule has 2 aromatic rings. The Labute approximate surface area is 154 Å². The summed E-state index contributed by atoms with van der Waals surface area (Å²) in [5.41, 5.74) is 0.202. The second-order valence-electron chi connectivity index (χ2n) is 6.40. The van der Waals surface area contributed by atoms with E-state index in [1.165, 1.54) is 12.1 Å². The van der Waals surface area contributed by atoms with Crippen LogP contribution in [0.15, 0.2) is 51.8 Å². The van der Waals surface area contributed by atoms with Gasteiger partial charge in [-0.3, -0.25) is 9.52 Å². The van der Waals surface area contributed by atoms with Crippen LogP contribution in [0.4, 0.5) is 11.4 Å². The zero-order chi connectivity index (χ0) is 18.2. The van der Waals surface area contributed by atoms with Gasteiger partial charge in [-0.15, -0.1) is 0 Å². The molecule has 0 radical (unpaired) electrons. The number of nitrogens with one attached hydrogen (secondary N) is 2. The summed E-state index contributed by atoms with van der Waals surface area (Å²) in [5, 5.41) is 2.79. The Balaban J connectivity index is 1.87. The molecule has 1 aliphatic rings. The van der Waals surface area contributed by atoms with Crippen LogP contribution in [0.25, 0.3) is 0 Å². The van der Waals surface area contributed by atoms with Crippen LogP contribution in [-0.2, 0) is 14.8 Å². The lowest BCUT2D eigenvalue weighted by atomic mass is 9.94. The highest BCUT2D eigenvalue weighted by Gasteiger charge is 2.32. The van der Waals surface area contributed by atoms with Crippen molar-refractivity contribution < 1.29 is 17.9 Å². The summed E-state index contributed by atoms with van der Waals surface area (Å²) in [7, 11) is -3.71. The maximum Gasteiger partial charge on any atom is 0.261 e. The molecule has 25 heavy (non-hydrogen) atoms. The van der Waals surface area contributed by atoms with Gasteiger partial charge in [0.15, 0.2) is 0 Å². The molecule has 1 aliphatic heterocycles. The van der Waals surface area contributed by atoms with Gasteiger partial charge in [-0.2, -0.15) is 0 Å². The number of ether oxygens (including phenoxy) is 1. The van der Waals surface area contributed by atoms with Crippen molar-refractivity contribution in [3.05, 3.63) is 46.9 Å². The molecule has 0 atom stereocenters. The Bertz CT molecular complexity index is 924. The molecule has 0 aromatic heterocycles. The van der Waals surface area contributed by atoms with Crippen molar-refractivity contribution in [2.24, 2.45) is 5.41 Å². The maximum absolute atomic E-state index is 12.5. The minimum atomic E-state index is -3.71. The number of sulfonamides is 1. The molecule has 6 nitrogen and oxygen atoms in total. The van der Waals surface area contributed by atoms with Crippen LogP contribution < -0.4 is 14.8 Å². The molecule has 0 bridgehead atoms. The van der Waals surface area contributed by atoms with E-state index in [1.807, 2.05) is 0 Å². The first-order valence-electron chi connectivity index (χ1n) is 7.54. The second kappa shape index (κ2) is 6.34. The Morgan fingerprint density at radius 3 is 2.52 bits per heavy atom. The third-order valence-corrected chi connectivity index (χ3v) is 5.74. The molecule has 2 aromatic carbocycles. The van der Waals surface area contributed by atoms with Gasteiger partial charge in [0.2, 0.25) is 5.91 Å². The van der Waals surface area contributed by atoms with Crippen molar-refractivity contribution >= 4 is 43.2 Å². The highest BCUT2D eigenvalue weighted by molar-refractivity contribution is 9.10. The van der Waals surface area contributed by atoms with Crippen LogP contribution in [0.2, 0.25) is 0 Å². The van der Waals surface area contributed by atoms with Gasteiger partial charge in [-0.1, -0.05) is 15.9 Å². The van der Waals surface area contributed by atoms with E-state index in [4.69, 9.17) is 4.74 Å². The number of anilines is 2. The molecule has 0 spiro atoms. The van der Waals surface area contributed by atoms with E-state index in [1.54, 1.807) is 44.2 Å². The summed E-state index contributed by atoms with van der Waals surface area (Å²) in [6.07, 6.45) is 0. The molecule has 8 heteroatoms. The predicted molar refractivity (Wildman–Crippen MR) is 99.3 cm³/mol. The summed E-state index contributed by atoms with van der Waals surface area (Å²) in [5.74, 6) is 0.282. The highest BCUT2D eigenvalue weighted by atomic mass is 79.9. The minimum absolute atomic E-state index is 0.144. The van der Waals surface area contributed by atoms with Crippen molar-refractivity contribution in [2.45, 2.75) is 18.7 Å². The van der Waals surface area contributed by atoms with E-state index < -0.39 is 15.4 Å². The van der Waals surface area contributed by atoms with Gasteiger partial charge in [0.1, 0.15) is 12.4 Å². The maximum atomic E-state index is 12.5. The van der Waals surface area contributed by atoms with Crippen molar-refractivity contribution in [2.75, 3.05) is 16.6 Å². The minimum Gasteiger partial charge on any atom is -0.490 e. The molecule has 0 saturated heterocycles. The molecule has 0 unspecified atom stereocenters. The molecule has 132 valence electrons. The monoisotopic (exact) mass is 424 g/mol. The van der Waals surface area contributed by atoms with E-state index in [0.717, 1.165) is 4.47 Å². The van der Waals surface area contributed by atoms with Gasteiger partial charge < -0.3 is 10.1 Å². The first-order valence-corrected chi connectivity index (χ1v) is 9.82. The molecule has 0 saturated carbocycles. The fourth-order valence-electron chi connectivity index (χ4n) is 2.25. The third kappa shape index (κ3) is 3.80. The first kappa shape index (κ1) is 17.8. The highest BCUT2D eigenvalue weighted by Crippen LogP contribution is 2.34. The number of carbonyl (C=O) groups is 1. The van der Waals surface area contributed by atoms with E-state index in [-0.39, 0.29) is 17.4 Å². The molecular formula is C17H17BrN2O4S. The summed E-state index contributed by atoms with van der Waals surface area (Å²) in [4.78, 5) is 12.3. The third-order valence-electron chi connectivity index (χ3n) is 3.81. The second-order valence-corrected chi connectivity index (χ2v) is 9.00. The number of amides is 1. The quantitative estimate of drug-likeness (QED) is 0.787. The van der Waals surface area contributed by atoms with Gasteiger partial charge in [0.05, 0.1) is 21.7 Å². The summed E-state index contributed by atoms with van der Waals surface area (Å²) in [6, 6.07) is 11.1. The molecular weight excluding hydrogens is 408 g/mol. The van der Waals surface area contributed by atoms with Crippen molar-refractivity contribution in [3.63, 3.8) is 0 Å². The van der Waals surface area contributed by atoms with Gasteiger partial charge >= 0.3 is 0 Å². The smallest absolute Gasteiger partial charge is 0.261 e. The predicted octanol–water partition coefficient (Wildman–Crippen LogP) is 3.61. The van der Waals surface area contributed by atoms with Gasteiger partial charge in [-0.25, -0.2) is 8.42 Å². The standard InChI is InChI=1S/C17H17BrN2O4S/c1-17(2)10-24-15-9-12(5-8-14(15)19-16(17)21)20-25(22,23)13-6-3-11(18)4-7-13/h3-9,20H,10H2,1-2H3,(H,19,21). The average molecular weight is 425 g/mol. The van der Waals surface area contributed by atoms with Gasteiger partial charge in [0, 0.05) is 10.5 Å². The van der Waals surface area contributed by atoms with Crippen molar-refractivity contribution in [1.29, 1.82) is 0 Å². The Morgan fingerprint density at radius 2 is 1.84 bits per heavy atom. The van der Waals surface area contributed by atoms with Crippen molar-refractivity contribution in [3.8, 4) is 5.75 Å². The van der Waals surface area contributed by atoms with Crippen molar-refractivity contribution in [1.82, 2.24) is 0 Å². The first-order chi connectivity index (χ1) is 11.7. The Kier molecular flexibility index (Phi) is 4.51. The molecule has 3 rings (SSSR count). The fourth-order valence-corrected chi connectivity index (χ4v) is 3.57. The lowest BCUT2D eigenvalue weighted by molar-refractivity contribution is -0.124. The molecule has 1 heterocycles. The SMILES string of the molecule is CC1(C)COc2cc(NS(=O)(=O)c3ccc(Br)cc3)ccc2NC1=O. The van der Waals surface area contributed by atoms with E-state index in [2.05, 4.69) is 26.0 Å². The summed E-state index contributed by atoms with van der Waals surface area (Å²) >= 11 is 3.28. The van der Waals surface area contributed by atoms with E-state index in [9.17, 15) is 13.2 Å². The van der Waals surface area contributed by atoms with Crippen LogP contribution in [0.1, 0.15) is 13.8 Å². The number of benzene rings is 2. The summed E-state index contributed by atoms with van der Waals surface area (Å²) in [6.45, 7) is 3.77. The number of carbonyl (C=O) groups excluding carboxylic acids is 1. The van der Waals surface area contributed by atoms with Crippen LogP contribution in [0.3, 0.4) is 0 Å². The number of hydrogen-bond acceptors (Lipinski definition) is 4. The molecule has 0 aliphatic carbocycles. The number of rotatable bonds is 3. The normalized spacial score (nSPS) is 16.2. The Hall–Kier alpha value is -2.06. The Morgan fingerprint density at radius 1 is 1.16 bits per heavy atom.